The van der Waals surface area contributed by atoms with Crippen molar-refractivity contribution >= 4 is 11.6 Å². The summed E-state index contributed by atoms with van der Waals surface area (Å²) in [4.78, 5) is 19.1. The average molecular weight is 335 g/mol. The van der Waals surface area contributed by atoms with Crippen molar-refractivity contribution in [3.8, 4) is 5.88 Å². The molecular weight excluding hydrogens is 314 g/mol. The normalized spacial score (nSPS) is 10.6. The lowest BCUT2D eigenvalue weighted by Crippen LogP contribution is -2.16. The largest absolute Gasteiger partial charge is 0.493 e. The molecule has 1 aromatic heterocycles. The molecule has 0 bridgehead atoms. The lowest BCUT2D eigenvalue weighted by molar-refractivity contribution is 0.445. The van der Waals surface area contributed by atoms with Gasteiger partial charge in [0.25, 0.3) is 5.56 Å². The van der Waals surface area contributed by atoms with Crippen molar-refractivity contribution < 1.29 is 5.11 Å². The van der Waals surface area contributed by atoms with Gasteiger partial charge in [0.2, 0.25) is 11.8 Å². The summed E-state index contributed by atoms with van der Waals surface area (Å²) in [5.74, 6) is -0.0249. The van der Waals surface area contributed by atoms with Crippen LogP contribution in [0.2, 0.25) is 0 Å². The molecule has 1 heterocycles. The second kappa shape index (κ2) is 7.21. The molecule has 25 heavy (non-hydrogen) atoms. The van der Waals surface area contributed by atoms with Crippen LogP contribution >= 0.6 is 0 Å². The highest BCUT2D eigenvalue weighted by Gasteiger charge is 2.12. The second-order valence-corrected chi connectivity index (χ2v) is 6.00. The molecule has 0 spiro atoms. The zero-order valence-corrected chi connectivity index (χ0v) is 14.3. The highest BCUT2D eigenvalue weighted by atomic mass is 16.3. The summed E-state index contributed by atoms with van der Waals surface area (Å²) >= 11 is 0. The quantitative estimate of drug-likeness (QED) is 0.664. The van der Waals surface area contributed by atoms with Crippen LogP contribution in [0, 0.1) is 6.92 Å². The molecule has 0 radical (unpaired) electrons. The third-order valence-corrected chi connectivity index (χ3v) is 4.21. The maximum Gasteiger partial charge on any atom is 0.259 e. The van der Waals surface area contributed by atoms with E-state index in [0.717, 1.165) is 17.7 Å². The minimum atomic E-state index is -0.346. The Balaban J connectivity index is 1.86. The Bertz CT molecular complexity index is 933. The topological polar surface area (TPSA) is 78.0 Å². The summed E-state index contributed by atoms with van der Waals surface area (Å²) in [5, 5.41) is 13.2. The van der Waals surface area contributed by atoms with Gasteiger partial charge in [-0.05, 0) is 42.2 Å². The Hall–Kier alpha value is -3.08. The van der Waals surface area contributed by atoms with Crippen molar-refractivity contribution in [2.24, 2.45) is 0 Å². The molecular formula is C20H21N3O2. The van der Waals surface area contributed by atoms with Gasteiger partial charge in [0.15, 0.2) is 0 Å². The van der Waals surface area contributed by atoms with E-state index >= 15 is 0 Å². The molecule has 0 fully saturated rings. The Morgan fingerprint density at radius 3 is 2.60 bits per heavy atom. The summed E-state index contributed by atoms with van der Waals surface area (Å²) < 4.78 is 0. The number of aromatic amines is 1. The number of aromatic hydroxyl groups is 1. The van der Waals surface area contributed by atoms with Gasteiger partial charge in [0, 0.05) is 12.1 Å². The molecule has 0 saturated carbocycles. The lowest BCUT2D eigenvalue weighted by Gasteiger charge is -2.10. The number of hydrogen-bond acceptors (Lipinski definition) is 4. The van der Waals surface area contributed by atoms with Crippen LogP contribution in [0.1, 0.15) is 29.2 Å². The van der Waals surface area contributed by atoms with Crippen LogP contribution in [-0.2, 0) is 12.8 Å². The van der Waals surface area contributed by atoms with Crippen molar-refractivity contribution in [1.29, 1.82) is 0 Å². The van der Waals surface area contributed by atoms with Gasteiger partial charge in [0.05, 0.1) is 5.56 Å². The third-order valence-electron chi connectivity index (χ3n) is 4.21. The minimum absolute atomic E-state index is 0.227. The zero-order valence-electron chi connectivity index (χ0n) is 14.3. The van der Waals surface area contributed by atoms with Crippen molar-refractivity contribution in [2.75, 3.05) is 5.32 Å². The van der Waals surface area contributed by atoms with Crippen molar-refractivity contribution in [3.05, 3.63) is 81.1 Å². The number of nitrogens with zero attached hydrogens (tertiary/aromatic N) is 1. The number of hydrogen-bond donors (Lipinski definition) is 3. The lowest BCUT2D eigenvalue weighted by atomic mass is 10.1. The van der Waals surface area contributed by atoms with E-state index in [-0.39, 0.29) is 23.0 Å². The van der Waals surface area contributed by atoms with E-state index in [4.69, 9.17) is 0 Å². The first kappa shape index (κ1) is 16.8. The molecule has 3 rings (SSSR count). The predicted molar refractivity (Wildman–Crippen MR) is 99.6 cm³/mol. The first-order valence-corrected chi connectivity index (χ1v) is 8.29. The summed E-state index contributed by atoms with van der Waals surface area (Å²) in [6.45, 7) is 4.16. The molecule has 5 nitrogen and oxygen atoms in total. The highest BCUT2D eigenvalue weighted by Crippen LogP contribution is 2.20. The number of rotatable bonds is 5. The summed E-state index contributed by atoms with van der Waals surface area (Å²) in [6, 6.07) is 15.5. The SMILES string of the molecule is CCc1cc(Nc2nc(O)c(Cc3ccccc3)c(=O)[nH]2)ccc1C. The van der Waals surface area contributed by atoms with E-state index in [2.05, 4.69) is 29.1 Å². The molecule has 0 saturated heterocycles. The number of aromatic nitrogens is 2. The summed E-state index contributed by atoms with van der Waals surface area (Å²) in [7, 11) is 0. The van der Waals surface area contributed by atoms with E-state index in [0.29, 0.717) is 6.42 Å². The van der Waals surface area contributed by atoms with Gasteiger partial charge >= 0.3 is 0 Å². The Labute approximate surface area is 146 Å². The predicted octanol–water partition coefficient (Wildman–Crippen LogP) is 3.68. The summed E-state index contributed by atoms with van der Waals surface area (Å²) in [6.07, 6.45) is 1.26. The van der Waals surface area contributed by atoms with Crippen LogP contribution in [0.3, 0.4) is 0 Å². The average Bonchev–Trinajstić information content (AvgIpc) is 2.61. The van der Waals surface area contributed by atoms with Gasteiger partial charge in [-0.2, -0.15) is 4.98 Å². The van der Waals surface area contributed by atoms with Gasteiger partial charge < -0.3 is 10.4 Å². The second-order valence-electron chi connectivity index (χ2n) is 6.00. The highest BCUT2D eigenvalue weighted by molar-refractivity contribution is 5.56. The molecule has 0 aliphatic rings. The van der Waals surface area contributed by atoms with Crippen LogP contribution < -0.4 is 10.9 Å². The smallest absolute Gasteiger partial charge is 0.259 e. The van der Waals surface area contributed by atoms with Gasteiger partial charge in [-0.15, -0.1) is 0 Å². The molecule has 3 N–H and O–H groups in total. The monoisotopic (exact) mass is 335 g/mol. The molecule has 3 aromatic rings. The number of anilines is 2. The van der Waals surface area contributed by atoms with Crippen LogP contribution in [0.4, 0.5) is 11.6 Å². The van der Waals surface area contributed by atoms with Crippen molar-refractivity contribution in [1.82, 2.24) is 9.97 Å². The molecule has 0 unspecified atom stereocenters. The maximum absolute atomic E-state index is 12.3. The maximum atomic E-state index is 12.3. The molecule has 0 atom stereocenters. The Morgan fingerprint density at radius 1 is 1.16 bits per heavy atom. The first-order chi connectivity index (χ1) is 12.1. The number of aryl methyl sites for hydroxylation is 2. The fourth-order valence-corrected chi connectivity index (χ4v) is 2.77. The van der Waals surface area contributed by atoms with Crippen LogP contribution in [-0.4, -0.2) is 15.1 Å². The van der Waals surface area contributed by atoms with Crippen molar-refractivity contribution in [3.63, 3.8) is 0 Å². The van der Waals surface area contributed by atoms with Crippen LogP contribution in [0.5, 0.6) is 5.88 Å². The molecule has 0 aliphatic heterocycles. The van der Waals surface area contributed by atoms with E-state index in [1.807, 2.05) is 48.5 Å². The van der Waals surface area contributed by atoms with Gasteiger partial charge in [0.1, 0.15) is 0 Å². The fraction of sp³-hybridized carbons (Fsp3) is 0.200. The minimum Gasteiger partial charge on any atom is -0.493 e. The van der Waals surface area contributed by atoms with E-state index in [9.17, 15) is 9.90 Å². The van der Waals surface area contributed by atoms with Crippen molar-refractivity contribution in [2.45, 2.75) is 26.7 Å². The van der Waals surface area contributed by atoms with Crippen LogP contribution in [0.15, 0.2) is 53.3 Å². The van der Waals surface area contributed by atoms with Crippen LogP contribution in [0.25, 0.3) is 0 Å². The molecule has 0 aliphatic carbocycles. The van der Waals surface area contributed by atoms with E-state index < -0.39 is 0 Å². The van der Waals surface area contributed by atoms with E-state index in [1.165, 1.54) is 11.1 Å². The number of H-pyrrole nitrogens is 1. The van der Waals surface area contributed by atoms with Gasteiger partial charge in [-0.1, -0.05) is 43.3 Å². The van der Waals surface area contributed by atoms with Gasteiger partial charge in [-0.3, -0.25) is 9.78 Å². The molecule has 2 aromatic carbocycles. The molecule has 0 amide bonds. The molecule has 128 valence electrons. The first-order valence-electron chi connectivity index (χ1n) is 8.29. The van der Waals surface area contributed by atoms with E-state index in [1.54, 1.807) is 0 Å². The number of benzene rings is 2. The standard InChI is InChI=1S/C20H21N3O2/c1-3-15-12-16(10-9-13(15)2)21-20-22-18(24)17(19(25)23-20)11-14-7-5-4-6-8-14/h4-10,12H,3,11H2,1-2H3,(H3,21,22,23,24,25). The number of nitrogens with one attached hydrogen (secondary N) is 2. The zero-order chi connectivity index (χ0) is 17.8. The Kier molecular flexibility index (Phi) is 4.84. The van der Waals surface area contributed by atoms with Gasteiger partial charge in [-0.25, -0.2) is 0 Å². The third kappa shape index (κ3) is 3.88. The summed E-state index contributed by atoms with van der Waals surface area (Å²) in [5.41, 5.74) is 4.11. The Morgan fingerprint density at radius 2 is 1.92 bits per heavy atom. The molecule has 5 heteroatoms. The fourth-order valence-electron chi connectivity index (χ4n) is 2.77.